The largest absolute Gasteiger partial charge is 0.392 e. The average Bonchev–Trinajstić information content (AvgIpc) is 2.75. The summed E-state index contributed by atoms with van der Waals surface area (Å²) in [5.74, 6) is -0.138. The van der Waals surface area contributed by atoms with E-state index < -0.39 is 9.84 Å². The number of sulfone groups is 1. The quantitative estimate of drug-likeness (QED) is 0.533. The molecule has 0 aliphatic carbocycles. The highest BCUT2D eigenvalue weighted by atomic mass is 32.2. The summed E-state index contributed by atoms with van der Waals surface area (Å²) in [5.41, 5.74) is 2.86. The van der Waals surface area contributed by atoms with E-state index in [0.29, 0.717) is 11.3 Å². The minimum atomic E-state index is -3.52. The molecule has 0 unspecified atom stereocenters. The van der Waals surface area contributed by atoms with Crippen LogP contribution in [0.3, 0.4) is 0 Å². The first-order chi connectivity index (χ1) is 14.4. The van der Waals surface area contributed by atoms with Crippen LogP contribution >= 0.6 is 0 Å². The summed E-state index contributed by atoms with van der Waals surface area (Å²) in [4.78, 5) is 12.4. The first-order valence-electron chi connectivity index (χ1n) is 9.51. The van der Waals surface area contributed by atoms with Crippen LogP contribution in [-0.4, -0.2) is 19.6 Å². The van der Waals surface area contributed by atoms with Gasteiger partial charge in [0.05, 0.1) is 23.3 Å². The molecular formula is C23H24N2O4S. The molecule has 2 amide bonds. The lowest BCUT2D eigenvalue weighted by Crippen LogP contribution is -2.31. The van der Waals surface area contributed by atoms with Gasteiger partial charge in [-0.3, -0.25) is 0 Å². The van der Waals surface area contributed by atoms with Crippen molar-refractivity contribution in [3.05, 3.63) is 95.6 Å². The maximum absolute atomic E-state index is 12.6. The fraction of sp³-hybridized carbons (Fsp3) is 0.174. The van der Waals surface area contributed by atoms with Gasteiger partial charge in [-0.2, -0.15) is 0 Å². The predicted molar refractivity (Wildman–Crippen MR) is 117 cm³/mol. The summed E-state index contributed by atoms with van der Waals surface area (Å²) < 4.78 is 25.3. The lowest BCUT2D eigenvalue weighted by Gasteiger charge is -2.15. The lowest BCUT2D eigenvalue weighted by atomic mass is 10.1. The Balaban J connectivity index is 1.61. The Morgan fingerprint density at radius 2 is 1.50 bits per heavy atom. The molecule has 0 aliphatic rings. The second kappa shape index (κ2) is 9.56. The van der Waals surface area contributed by atoms with Gasteiger partial charge in [0.1, 0.15) is 0 Å². The highest BCUT2D eigenvalue weighted by Gasteiger charge is 2.16. The number of aliphatic hydroxyl groups is 1. The molecule has 0 radical (unpaired) electrons. The van der Waals surface area contributed by atoms with Gasteiger partial charge in [0.25, 0.3) is 0 Å². The summed E-state index contributed by atoms with van der Waals surface area (Å²) in [6, 6.07) is 21.9. The molecule has 0 bridgehead atoms. The topological polar surface area (TPSA) is 95.5 Å². The Morgan fingerprint density at radius 3 is 2.10 bits per heavy atom. The number of aliphatic hydroxyl groups excluding tert-OH is 1. The molecule has 3 rings (SSSR count). The Morgan fingerprint density at radius 1 is 0.900 bits per heavy atom. The second-order valence-electron chi connectivity index (χ2n) is 6.99. The predicted octanol–water partition coefficient (Wildman–Crippen LogP) is 4.04. The Bertz CT molecular complexity index is 1080. The van der Waals surface area contributed by atoms with E-state index in [-0.39, 0.29) is 29.3 Å². The van der Waals surface area contributed by atoms with Gasteiger partial charge in [-0.1, -0.05) is 54.6 Å². The molecule has 3 aromatic carbocycles. The average molecular weight is 425 g/mol. The van der Waals surface area contributed by atoms with E-state index in [1.807, 2.05) is 37.3 Å². The molecular weight excluding hydrogens is 400 g/mol. The second-order valence-corrected chi connectivity index (χ2v) is 8.98. The minimum absolute atomic E-state index is 0.0841. The zero-order chi connectivity index (χ0) is 21.6. The smallest absolute Gasteiger partial charge is 0.319 e. The summed E-state index contributed by atoms with van der Waals surface area (Å²) in [5, 5.41) is 14.6. The van der Waals surface area contributed by atoms with Crippen LogP contribution in [0.15, 0.2) is 83.8 Å². The van der Waals surface area contributed by atoms with E-state index in [4.69, 9.17) is 5.11 Å². The van der Waals surface area contributed by atoms with Crippen molar-refractivity contribution in [3.8, 4) is 0 Å². The van der Waals surface area contributed by atoms with E-state index >= 15 is 0 Å². The number of hydrogen-bond acceptors (Lipinski definition) is 4. The van der Waals surface area contributed by atoms with Gasteiger partial charge in [0.15, 0.2) is 9.84 Å². The van der Waals surface area contributed by atoms with Gasteiger partial charge in [-0.05, 0) is 47.9 Å². The zero-order valence-electron chi connectivity index (χ0n) is 16.6. The summed E-state index contributed by atoms with van der Waals surface area (Å²) in [6.45, 7) is 1.80. The Kier molecular flexibility index (Phi) is 6.87. The summed E-state index contributed by atoms with van der Waals surface area (Å²) in [6.07, 6.45) is 0. The number of rotatable bonds is 7. The molecule has 30 heavy (non-hydrogen) atoms. The minimum Gasteiger partial charge on any atom is -0.392 e. The van der Waals surface area contributed by atoms with Gasteiger partial charge >= 0.3 is 6.03 Å². The molecule has 156 valence electrons. The maximum Gasteiger partial charge on any atom is 0.319 e. The van der Waals surface area contributed by atoms with Crippen molar-refractivity contribution in [1.82, 2.24) is 5.32 Å². The third-order valence-electron chi connectivity index (χ3n) is 4.68. The van der Waals surface area contributed by atoms with E-state index in [9.17, 15) is 13.2 Å². The van der Waals surface area contributed by atoms with Crippen LogP contribution in [-0.2, 0) is 22.2 Å². The van der Waals surface area contributed by atoms with Crippen molar-refractivity contribution in [3.63, 3.8) is 0 Å². The van der Waals surface area contributed by atoms with E-state index in [1.54, 1.807) is 36.4 Å². The number of carbonyl (C=O) groups excluding carboxylic acids is 1. The van der Waals surface area contributed by atoms with Crippen molar-refractivity contribution in [1.29, 1.82) is 0 Å². The molecule has 0 heterocycles. The first kappa shape index (κ1) is 21.5. The number of benzene rings is 3. The molecule has 0 saturated heterocycles. The van der Waals surface area contributed by atoms with E-state index in [1.165, 1.54) is 12.1 Å². The van der Waals surface area contributed by atoms with Gasteiger partial charge < -0.3 is 15.7 Å². The number of nitrogens with one attached hydrogen (secondary N) is 2. The fourth-order valence-electron chi connectivity index (χ4n) is 2.98. The van der Waals surface area contributed by atoms with Crippen LogP contribution in [0.25, 0.3) is 0 Å². The molecule has 0 aliphatic heterocycles. The van der Waals surface area contributed by atoms with Crippen molar-refractivity contribution in [2.45, 2.75) is 30.2 Å². The van der Waals surface area contributed by atoms with Crippen molar-refractivity contribution in [2.75, 3.05) is 5.32 Å². The number of anilines is 1. The number of hydrogen-bond donors (Lipinski definition) is 3. The van der Waals surface area contributed by atoms with Gasteiger partial charge in [0.2, 0.25) is 0 Å². The van der Waals surface area contributed by atoms with Crippen LogP contribution in [0.1, 0.15) is 29.7 Å². The monoisotopic (exact) mass is 424 g/mol. The van der Waals surface area contributed by atoms with Crippen LogP contribution in [0.4, 0.5) is 10.5 Å². The maximum atomic E-state index is 12.6. The molecule has 3 aromatic rings. The normalized spacial score (nSPS) is 12.2. The molecule has 1 atom stereocenters. The van der Waals surface area contributed by atoms with Gasteiger partial charge in [-0.25, -0.2) is 13.2 Å². The van der Waals surface area contributed by atoms with Crippen LogP contribution in [0.2, 0.25) is 0 Å². The van der Waals surface area contributed by atoms with E-state index in [2.05, 4.69) is 10.6 Å². The Hall–Kier alpha value is -3.16. The van der Waals surface area contributed by atoms with Crippen molar-refractivity contribution in [2.24, 2.45) is 0 Å². The summed E-state index contributed by atoms with van der Waals surface area (Å²) >= 11 is 0. The van der Waals surface area contributed by atoms with Crippen molar-refractivity contribution < 1.29 is 18.3 Å². The molecule has 7 heteroatoms. The molecule has 6 nitrogen and oxygen atoms in total. The molecule has 0 spiro atoms. The van der Waals surface area contributed by atoms with Crippen molar-refractivity contribution >= 4 is 21.6 Å². The number of carbonyl (C=O) groups is 1. The lowest BCUT2D eigenvalue weighted by molar-refractivity contribution is 0.249. The highest BCUT2D eigenvalue weighted by Crippen LogP contribution is 2.20. The standard InChI is InChI=1S/C23H24N2O4S/c1-17(20-5-3-2-4-6-20)24-23(27)25-21-11-13-22(14-12-21)30(28,29)16-19-9-7-18(15-26)8-10-19/h2-14,17,26H,15-16H2,1H3,(H2,24,25,27)/t17-/m0/s1. The van der Waals surface area contributed by atoms with Gasteiger partial charge in [-0.15, -0.1) is 0 Å². The third kappa shape index (κ3) is 5.68. The summed E-state index contributed by atoms with van der Waals surface area (Å²) in [7, 11) is -3.52. The molecule has 0 aromatic heterocycles. The van der Waals surface area contributed by atoms with Crippen LogP contribution in [0, 0.1) is 0 Å². The van der Waals surface area contributed by atoms with Crippen LogP contribution < -0.4 is 10.6 Å². The fourth-order valence-corrected chi connectivity index (χ4v) is 4.33. The SMILES string of the molecule is C[C@H](NC(=O)Nc1ccc(S(=O)(=O)Cc2ccc(CO)cc2)cc1)c1ccccc1. The molecule has 0 fully saturated rings. The third-order valence-corrected chi connectivity index (χ3v) is 6.38. The zero-order valence-corrected chi connectivity index (χ0v) is 17.4. The number of urea groups is 1. The van der Waals surface area contributed by atoms with Crippen LogP contribution in [0.5, 0.6) is 0 Å². The van der Waals surface area contributed by atoms with E-state index in [0.717, 1.165) is 11.1 Å². The number of amides is 2. The molecule has 3 N–H and O–H groups in total. The molecule has 0 saturated carbocycles. The highest BCUT2D eigenvalue weighted by molar-refractivity contribution is 7.90. The van der Waals surface area contributed by atoms with Gasteiger partial charge in [0, 0.05) is 5.69 Å². The first-order valence-corrected chi connectivity index (χ1v) is 11.2. The Labute approximate surface area is 176 Å².